The van der Waals surface area contributed by atoms with Gasteiger partial charge in [-0.1, -0.05) is 108 Å². The summed E-state index contributed by atoms with van der Waals surface area (Å²) in [6.07, 6.45) is 28.2. The van der Waals surface area contributed by atoms with E-state index in [0.29, 0.717) is 100 Å². The molecule has 0 heterocycles. The van der Waals surface area contributed by atoms with Gasteiger partial charge in [0.1, 0.15) is 0 Å². The third-order valence-corrected chi connectivity index (χ3v) is 18.5. The minimum atomic E-state index is -1.19. The third-order valence-electron chi connectivity index (χ3n) is 18.5. The molecule has 0 aliphatic carbocycles. The second kappa shape index (κ2) is 45.8. The quantitative estimate of drug-likeness (QED) is 0.0147. The van der Waals surface area contributed by atoms with Gasteiger partial charge in [-0.3, -0.25) is 0 Å². The topological polar surface area (TPSA) is 448 Å². The number of rotatable bonds is 30. The van der Waals surface area contributed by atoms with Gasteiger partial charge in [-0.15, -0.1) is 0 Å². The molecule has 648 valence electrons. The second-order valence-electron chi connectivity index (χ2n) is 28.5. The van der Waals surface area contributed by atoms with E-state index in [1.54, 1.807) is 91.0 Å². The van der Waals surface area contributed by atoms with Gasteiger partial charge in [0, 0.05) is 106 Å². The Morgan fingerprint density at radius 3 is 0.364 bits per heavy atom. The number of carboxylic acids is 12. The molecule has 24 heteroatoms. The Kier molecular flexibility index (Phi) is 32.9. The van der Waals surface area contributed by atoms with Gasteiger partial charge in [0.2, 0.25) is 0 Å². The van der Waals surface area contributed by atoms with Crippen molar-refractivity contribution in [2.45, 2.75) is 0 Å². The van der Waals surface area contributed by atoms with E-state index in [1.165, 1.54) is 72.9 Å². The highest BCUT2D eigenvalue weighted by molar-refractivity contribution is 5.95. The molecule has 0 saturated heterocycles. The van der Waals surface area contributed by atoms with E-state index < -0.39 is 71.6 Å². The standard InChI is InChI=1S/C60H42O12.C48H30O12/c61-55(62)19-1-37-25-38(2-20-56(63)64)29-49(28-37)43-7-13-46(14-8-43)52-34-53(47-15-9-44(10-16-47)50-30-39(3-21-57(65)66)26-40(31-50)4-22-58(67)68)36-54(35-52)48-17-11-45(12-18-48)51-32-41(5-23-59(69)70)27-42(33-51)6-24-60(71)72;49-43(50)13-7-37-22-34(23-38(28-37)8-14-44(51)52)4-1-31-19-32(2-5-35-24-39(9-15-45(53)54)29-40(25-35)10-16-46(55)56)21-33(20-31)3-6-36-26-41(11-17-47(57)58)30-42(27-36)12-18-48(59)60/h1-36H,(H,61,62)(H,63,64)(H,65,66)(H,67,68)(H,69,70)(H,71,72);7-30H,(H,49,50)(H,51,52)(H,53,54)(H,55,56)(H,57,58)(H,59,60)/b19-1+,20-2+,21-3+,22-4+,23-5+,24-6+;13-7+,14-8+,15-9+,16-10+,17-11+,18-12+. The predicted octanol–water partition coefficient (Wildman–Crippen LogP) is 18.7. The molecule has 0 aromatic heterocycles. The maximum atomic E-state index is 11.3. The first-order valence-electron chi connectivity index (χ1n) is 39.1. The van der Waals surface area contributed by atoms with Crippen LogP contribution < -0.4 is 0 Å². The van der Waals surface area contributed by atoms with E-state index in [4.69, 9.17) is 30.6 Å². The molecular weight excluding hydrogens is 1680 g/mol. The molecule has 0 aliphatic rings. The van der Waals surface area contributed by atoms with Gasteiger partial charge in [-0.2, -0.15) is 0 Å². The van der Waals surface area contributed by atoms with Crippen LogP contribution in [0.15, 0.2) is 291 Å². The highest BCUT2D eigenvalue weighted by atomic mass is 16.4. The molecule has 0 radical (unpaired) electrons. The molecule has 11 rings (SSSR count). The van der Waals surface area contributed by atoms with Crippen molar-refractivity contribution < 1.29 is 119 Å². The van der Waals surface area contributed by atoms with Gasteiger partial charge in [-0.25, -0.2) is 57.5 Å². The normalized spacial score (nSPS) is 11.4. The first kappa shape index (κ1) is 94.9. The monoisotopic (exact) mass is 1750 g/mol. The molecule has 0 amide bonds. The van der Waals surface area contributed by atoms with Crippen molar-refractivity contribution in [3.8, 4) is 102 Å². The first-order chi connectivity index (χ1) is 63.1. The van der Waals surface area contributed by atoms with Crippen molar-refractivity contribution in [3.63, 3.8) is 0 Å². The number of hydrogen-bond donors (Lipinski definition) is 12. The third kappa shape index (κ3) is 31.4. The molecule has 0 saturated carbocycles. The zero-order chi connectivity index (χ0) is 94.9. The lowest BCUT2D eigenvalue weighted by Crippen LogP contribution is -1.90. The molecule has 0 aliphatic heterocycles. The van der Waals surface area contributed by atoms with Gasteiger partial charge in [0.05, 0.1) is 0 Å². The lowest BCUT2D eigenvalue weighted by molar-refractivity contribution is -0.132. The highest BCUT2D eigenvalue weighted by Gasteiger charge is 2.15. The van der Waals surface area contributed by atoms with E-state index in [-0.39, 0.29) is 0 Å². The summed E-state index contributed by atoms with van der Waals surface area (Å²) in [7, 11) is 0. The van der Waals surface area contributed by atoms with E-state index in [9.17, 15) is 88.2 Å². The van der Waals surface area contributed by atoms with Crippen molar-refractivity contribution in [1.82, 2.24) is 0 Å². The first-order valence-corrected chi connectivity index (χ1v) is 39.1. The van der Waals surface area contributed by atoms with E-state index in [1.807, 2.05) is 109 Å². The number of hydrogen-bond acceptors (Lipinski definition) is 12. The number of benzene rings is 11. The Morgan fingerprint density at radius 1 is 0.136 bits per heavy atom. The maximum absolute atomic E-state index is 11.3. The molecule has 0 unspecified atom stereocenters. The van der Waals surface area contributed by atoms with Crippen molar-refractivity contribution in [1.29, 1.82) is 0 Å². The summed E-state index contributed by atoms with van der Waals surface area (Å²) in [6, 6.07) is 64.8. The van der Waals surface area contributed by atoms with Crippen molar-refractivity contribution in [2.24, 2.45) is 0 Å². The van der Waals surface area contributed by atoms with Crippen LogP contribution in [0.2, 0.25) is 0 Å². The Labute approximate surface area is 753 Å². The molecule has 0 spiro atoms. The molecule has 0 bridgehead atoms. The number of carbonyl (C=O) groups is 12. The van der Waals surface area contributed by atoms with Crippen LogP contribution in [-0.2, 0) is 57.5 Å². The molecule has 12 N–H and O–H groups in total. The maximum Gasteiger partial charge on any atom is 0.328 e. The molecule has 11 aromatic rings. The van der Waals surface area contributed by atoms with E-state index in [2.05, 4.69) is 53.7 Å². The summed E-state index contributed by atoms with van der Waals surface area (Å²) >= 11 is 0. The highest BCUT2D eigenvalue weighted by Crippen LogP contribution is 2.38. The summed E-state index contributed by atoms with van der Waals surface area (Å²) < 4.78 is 0. The summed E-state index contributed by atoms with van der Waals surface area (Å²) in [5, 5.41) is 110. The van der Waals surface area contributed by atoms with Gasteiger partial charge < -0.3 is 61.3 Å². The Bertz CT molecular complexity index is 6130. The Balaban J connectivity index is 0.000000279. The summed E-state index contributed by atoms with van der Waals surface area (Å²) in [6.45, 7) is 0. The molecule has 132 heavy (non-hydrogen) atoms. The fourth-order valence-electron chi connectivity index (χ4n) is 12.9. The number of aliphatic carboxylic acids is 12. The largest absolute Gasteiger partial charge is 0.478 e. The number of carboxylic acid groups (broad SMARTS) is 12. The minimum absolute atomic E-state index is 0.415. The average molecular weight is 1750 g/mol. The van der Waals surface area contributed by atoms with Crippen molar-refractivity contribution >= 4 is 145 Å². The van der Waals surface area contributed by atoms with Crippen LogP contribution in [0.4, 0.5) is 0 Å². The lowest BCUT2D eigenvalue weighted by atomic mass is 9.91. The summed E-state index contributed by atoms with van der Waals surface area (Å²) in [5.74, 6) is 4.28. The fourth-order valence-corrected chi connectivity index (χ4v) is 12.9. The van der Waals surface area contributed by atoms with Crippen LogP contribution in [0.1, 0.15) is 100 Å². The van der Waals surface area contributed by atoms with Crippen molar-refractivity contribution in [2.75, 3.05) is 0 Å². The molecule has 11 aromatic carbocycles. The van der Waals surface area contributed by atoms with Crippen LogP contribution in [0, 0.1) is 35.5 Å². The average Bonchev–Trinajstić information content (AvgIpc) is 0.786. The SMILES string of the molecule is O=C(O)/C=C/c1cc(/C=C/C(=O)O)cc(-c2ccc(-c3cc(-c4ccc(-c5cc(/C=C/C(=O)O)cc(/C=C/C(=O)O)c5)cc4)cc(-c4ccc(-c5cc(/C=C/C(=O)O)cc(/C=C/C(=O)O)c5)cc4)c3)cc2)c1.O=C(O)/C=C/c1cc(C#Cc2cc(C#Cc3cc(/C=C/C(=O)O)cc(/C=C/C(=O)O)c3)cc(C#Cc3cc(/C=C/C(=O)O)cc(/C=C/C(=O)O)c3)c2)cc(/C=C/C(=O)O)c1. The second-order valence-corrected chi connectivity index (χ2v) is 28.5. The Hall–Kier alpha value is -19.4. The van der Waals surface area contributed by atoms with Gasteiger partial charge in [-0.05, 0) is 352 Å². The Morgan fingerprint density at radius 2 is 0.242 bits per heavy atom. The van der Waals surface area contributed by atoms with Crippen LogP contribution >= 0.6 is 0 Å². The summed E-state index contributed by atoms with van der Waals surface area (Å²) in [5.41, 5.74) is 18.3. The van der Waals surface area contributed by atoms with Crippen LogP contribution in [0.3, 0.4) is 0 Å². The predicted molar refractivity (Wildman–Crippen MR) is 503 cm³/mol. The smallest absolute Gasteiger partial charge is 0.328 e. The van der Waals surface area contributed by atoms with Gasteiger partial charge in [0.25, 0.3) is 0 Å². The fraction of sp³-hybridized carbons (Fsp3) is 0. The zero-order valence-electron chi connectivity index (χ0n) is 68.9. The zero-order valence-corrected chi connectivity index (χ0v) is 68.9. The van der Waals surface area contributed by atoms with Crippen LogP contribution in [-0.4, -0.2) is 133 Å². The molecule has 0 fully saturated rings. The molecule has 0 atom stereocenters. The van der Waals surface area contributed by atoms with Crippen LogP contribution in [0.25, 0.3) is 140 Å². The van der Waals surface area contributed by atoms with E-state index >= 15 is 0 Å². The molecule has 24 nitrogen and oxygen atoms in total. The van der Waals surface area contributed by atoms with Gasteiger partial charge >= 0.3 is 71.6 Å². The van der Waals surface area contributed by atoms with Gasteiger partial charge in [0.15, 0.2) is 0 Å². The van der Waals surface area contributed by atoms with Crippen molar-refractivity contribution in [3.05, 3.63) is 391 Å². The minimum Gasteiger partial charge on any atom is -0.478 e. The molecular formula is C108H72O24. The van der Waals surface area contributed by atoms with E-state index in [0.717, 1.165) is 140 Å². The van der Waals surface area contributed by atoms with Crippen LogP contribution in [0.5, 0.6) is 0 Å². The summed E-state index contributed by atoms with van der Waals surface area (Å²) in [4.78, 5) is 135. The lowest BCUT2D eigenvalue weighted by Gasteiger charge is -2.14.